The molecule has 2 aliphatic heterocycles. The van der Waals surface area contributed by atoms with E-state index >= 15 is 0 Å². The predicted molar refractivity (Wildman–Crippen MR) is 75.0 cm³/mol. The van der Waals surface area contributed by atoms with E-state index in [-0.39, 0.29) is 11.4 Å². The smallest absolute Gasteiger partial charge is 0.246 e. The van der Waals surface area contributed by atoms with Crippen LogP contribution in [0, 0.1) is 0 Å². The van der Waals surface area contributed by atoms with Gasteiger partial charge >= 0.3 is 11.4 Å². The highest BCUT2D eigenvalue weighted by atomic mass is 16.2. The van der Waals surface area contributed by atoms with Crippen LogP contribution in [0.15, 0.2) is 46.0 Å². The molecule has 5 nitrogen and oxygen atoms in total. The fourth-order valence-electron chi connectivity index (χ4n) is 3.59. The Hall–Kier alpha value is -2.30. The zero-order valence-corrected chi connectivity index (χ0v) is 11.6. The summed E-state index contributed by atoms with van der Waals surface area (Å²) in [6.07, 6.45) is 4.05. The zero-order chi connectivity index (χ0) is 14.3. The van der Waals surface area contributed by atoms with Crippen LogP contribution in [-0.4, -0.2) is 13.9 Å². The summed E-state index contributed by atoms with van der Waals surface area (Å²) in [6, 6.07) is 8.01. The van der Waals surface area contributed by atoms with Crippen molar-refractivity contribution in [2.75, 3.05) is 0 Å². The van der Waals surface area contributed by atoms with Gasteiger partial charge in [0.2, 0.25) is 0 Å². The highest BCUT2D eigenvalue weighted by Gasteiger charge is 2.50. The number of hydrogen-bond donors (Lipinski definition) is 0. The third-order valence-corrected chi connectivity index (χ3v) is 4.77. The van der Waals surface area contributed by atoms with E-state index in [1.807, 2.05) is 50.3 Å². The third kappa shape index (κ3) is 0.952. The van der Waals surface area contributed by atoms with E-state index in [0.29, 0.717) is 0 Å². The van der Waals surface area contributed by atoms with Gasteiger partial charge < -0.3 is 0 Å². The number of aromatic nitrogens is 3. The van der Waals surface area contributed by atoms with Crippen molar-refractivity contribution in [3.05, 3.63) is 68.5 Å². The molecule has 20 heavy (non-hydrogen) atoms. The van der Waals surface area contributed by atoms with Crippen molar-refractivity contribution in [3.8, 4) is 0 Å². The highest BCUT2D eigenvalue weighted by Crippen LogP contribution is 2.46. The summed E-state index contributed by atoms with van der Waals surface area (Å²) in [5, 5.41) is 0. The van der Waals surface area contributed by atoms with Crippen LogP contribution in [-0.2, 0) is 18.1 Å². The van der Waals surface area contributed by atoms with Gasteiger partial charge in [0.25, 0.3) is 0 Å². The highest BCUT2D eigenvalue weighted by molar-refractivity contribution is 5.50. The summed E-state index contributed by atoms with van der Waals surface area (Å²) in [4.78, 5) is 24.9. The molecule has 0 saturated carbocycles. The first-order valence-electron chi connectivity index (χ1n) is 6.64. The molecule has 1 aromatic carbocycles. The largest absolute Gasteiger partial charge is 0.348 e. The molecule has 0 saturated heterocycles. The van der Waals surface area contributed by atoms with Crippen LogP contribution in [0.4, 0.5) is 0 Å². The van der Waals surface area contributed by atoms with Crippen molar-refractivity contribution in [1.82, 2.24) is 13.9 Å². The lowest BCUT2D eigenvalue weighted by Crippen LogP contribution is -2.57. The molecule has 1 aromatic heterocycles. The summed E-state index contributed by atoms with van der Waals surface area (Å²) < 4.78 is 4.34. The molecule has 2 atom stereocenters. The van der Waals surface area contributed by atoms with Crippen LogP contribution < -0.4 is 11.4 Å². The van der Waals surface area contributed by atoms with E-state index in [1.54, 1.807) is 9.36 Å². The van der Waals surface area contributed by atoms with Gasteiger partial charge in [0, 0.05) is 7.05 Å². The summed E-state index contributed by atoms with van der Waals surface area (Å²) in [7, 11) is 1.53. The van der Waals surface area contributed by atoms with Gasteiger partial charge in [-0.05, 0) is 25.0 Å². The molecular weight excluding hydrogens is 254 g/mol. The van der Waals surface area contributed by atoms with E-state index in [0.717, 1.165) is 11.1 Å². The first-order valence-corrected chi connectivity index (χ1v) is 6.64. The molecule has 0 unspecified atom stereocenters. The zero-order valence-electron chi connectivity index (χ0n) is 11.6. The van der Waals surface area contributed by atoms with Crippen LogP contribution >= 0.6 is 0 Å². The van der Waals surface area contributed by atoms with E-state index in [2.05, 4.69) is 0 Å². The van der Waals surface area contributed by atoms with E-state index in [9.17, 15) is 9.59 Å². The van der Waals surface area contributed by atoms with Crippen LogP contribution in [0.25, 0.3) is 0 Å². The fraction of sp³-hybridized carbons (Fsp3) is 0.333. The van der Waals surface area contributed by atoms with Crippen LogP contribution in [0.3, 0.4) is 0 Å². The van der Waals surface area contributed by atoms with Gasteiger partial charge in [-0.2, -0.15) is 0 Å². The summed E-state index contributed by atoms with van der Waals surface area (Å²) in [5.74, 6) is 0. The van der Waals surface area contributed by atoms with E-state index in [4.69, 9.17) is 0 Å². The molecule has 102 valence electrons. The molecule has 2 aromatic rings. The Morgan fingerprint density at radius 3 is 1.65 bits per heavy atom. The fourth-order valence-corrected chi connectivity index (χ4v) is 3.59. The Morgan fingerprint density at radius 2 is 1.25 bits per heavy atom. The Balaban J connectivity index is 2.28. The number of rotatable bonds is 0. The van der Waals surface area contributed by atoms with Crippen molar-refractivity contribution in [1.29, 1.82) is 0 Å². The molecule has 0 spiro atoms. The van der Waals surface area contributed by atoms with Gasteiger partial charge in [0.1, 0.15) is 11.1 Å². The Morgan fingerprint density at radius 1 is 0.850 bits per heavy atom. The van der Waals surface area contributed by atoms with Crippen LogP contribution in [0.1, 0.15) is 25.0 Å². The second-order valence-electron chi connectivity index (χ2n) is 5.92. The average molecular weight is 269 g/mol. The SMILES string of the molecule is Cn1c(=O)n2n(c1=O)[C@]1(C)C=C[C@@]2(C)c2ccccc21. The molecule has 0 amide bonds. The lowest BCUT2D eigenvalue weighted by molar-refractivity contribution is 0.222. The van der Waals surface area contributed by atoms with Crippen molar-refractivity contribution in [2.24, 2.45) is 7.05 Å². The molecular formula is C15H15N3O2. The molecule has 2 bridgehead atoms. The first-order chi connectivity index (χ1) is 9.41. The number of allylic oxidation sites excluding steroid dienone is 2. The molecule has 5 rings (SSSR count). The first kappa shape index (κ1) is 11.5. The van der Waals surface area contributed by atoms with Gasteiger partial charge in [-0.15, -0.1) is 0 Å². The molecule has 0 radical (unpaired) electrons. The maximum absolute atomic E-state index is 12.5. The number of hydrogen-bond acceptors (Lipinski definition) is 2. The molecule has 0 fully saturated rings. The van der Waals surface area contributed by atoms with Crippen LogP contribution in [0.2, 0.25) is 0 Å². The van der Waals surface area contributed by atoms with Crippen molar-refractivity contribution in [3.63, 3.8) is 0 Å². The summed E-state index contributed by atoms with van der Waals surface area (Å²) >= 11 is 0. The maximum Gasteiger partial charge on any atom is 0.348 e. The topological polar surface area (TPSA) is 48.9 Å². The van der Waals surface area contributed by atoms with Gasteiger partial charge in [-0.1, -0.05) is 36.4 Å². The van der Waals surface area contributed by atoms with Gasteiger partial charge in [-0.25, -0.2) is 23.5 Å². The molecule has 3 aliphatic rings. The monoisotopic (exact) mass is 269 g/mol. The summed E-state index contributed by atoms with van der Waals surface area (Å²) in [5.41, 5.74) is 0.401. The van der Waals surface area contributed by atoms with Crippen molar-refractivity contribution < 1.29 is 0 Å². The summed E-state index contributed by atoms with van der Waals surface area (Å²) in [6.45, 7) is 3.94. The predicted octanol–water partition coefficient (Wildman–Crippen LogP) is 0.759. The molecule has 0 N–H and O–H groups in total. The van der Waals surface area contributed by atoms with E-state index < -0.39 is 11.1 Å². The van der Waals surface area contributed by atoms with Crippen molar-refractivity contribution >= 4 is 0 Å². The second kappa shape index (κ2) is 3.06. The third-order valence-electron chi connectivity index (χ3n) is 4.77. The minimum absolute atomic E-state index is 0.275. The van der Waals surface area contributed by atoms with Crippen molar-refractivity contribution in [2.45, 2.75) is 24.9 Å². The number of nitrogens with zero attached hydrogens (tertiary/aromatic N) is 3. The molecule has 5 heteroatoms. The lowest BCUT2D eigenvalue weighted by Gasteiger charge is -2.48. The van der Waals surface area contributed by atoms with Gasteiger partial charge in [0.05, 0.1) is 0 Å². The average Bonchev–Trinajstić information content (AvgIpc) is 2.69. The minimum Gasteiger partial charge on any atom is -0.246 e. The quantitative estimate of drug-likeness (QED) is 0.663. The van der Waals surface area contributed by atoms with Crippen LogP contribution in [0.5, 0.6) is 0 Å². The maximum atomic E-state index is 12.5. The molecule has 3 heterocycles. The number of benzene rings is 1. The van der Waals surface area contributed by atoms with Gasteiger partial charge in [-0.3, -0.25) is 0 Å². The lowest BCUT2D eigenvalue weighted by atomic mass is 9.72. The Kier molecular flexibility index (Phi) is 1.76. The molecule has 1 aliphatic carbocycles. The Labute approximate surface area is 115 Å². The van der Waals surface area contributed by atoms with Gasteiger partial charge in [0.15, 0.2) is 0 Å². The second-order valence-corrected chi connectivity index (χ2v) is 5.92. The normalized spacial score (nSPS) is 29.4. The minimum atomic E-state index is -0.605. The van der Waals surface area contributed by atoms with E-state index in [1.165, 1.54) is 11.6 Å². The standard InChI is InChI=1S/C15H15N3O2/c1-14-8-9-15(2,11-7-5-4-6-10(11)14)18-13(20)16(3)12(19)17(14)18/h4-9H,1-3H3/t14-,15+. The Bertz CT molecular complexity index is 828.